The van der Waals surface area contributed by atoms with Crippen molar-refractivity contribution in [1.82, 2.24) is 20.2 Å². The molecule has 0 atom stereocenters. The maximum atomic E-state index is 12.6. The lowest BCUT2D eigenvalue weighted by molar-refractivity contribution is -0.141. The minimum absolute atomic E-state index is 0.00518. The Bertz CT molecular complexity index is 773. The number of aryl methyl sites for hydroxylation is 2. The number of anilines is 2. The largest absolute Gasteiger partial charge is 0.433 e. The van der Waals surface area contributed by atoms with Gasteiger partial charge in [0.05, 0.1) is 5.69 Å². The maximum absolute atomic E-state index is 12.6. The monoisotopic (exact) mass is 350 g/mol. The summed E-state index contributed by atoms with van der Waals surface area (Å²) in [5.41, 5.74) is 1.45. The van der Waals surface area contributed by atoms with Gasteiger partial charge in [-0.15, -0.1) is 5.10 Å². The van der Waals surface area contributed by atoms with Crippen LogP contribution in [0.2, 0.25) is 0 Å². The van der Waals surface area contributed by atoms with Crippen molar-refractivity contribution in [3.8, 4) is 0 Å². The van der Waals surface area contributed by atoms with Crippen LogP contribution in [-0.2, 0) is 19.0 Å². The van der Waals surface area contributed by atoms with Gasteiger partial charge in [0.15, 0.2) is 5.82 Å². The Morgan fingerprint density at radius 1 is 1.20 bits per heavy atom. The molecule has 2 aromatic rings. The molecular weight excluding hydrogens is 333 g/mol. The lowest BCUT2D eigenvalue weighted by Gasteiger charge is -2.40. The number of hydrogen-bond acceptors (Lipinski definition) is 6. The molecule has 0 spiro atoms. The van der Waals surface area contributed by atoms with Crippen LogP contribution in [0.5, 0.6) is 0 Å². The van der Waals surface area contributed by atoms with Gasteiger partial charge < -0.3 is 10.2 Å². The predicted molar refractivity (Wildman–Crippen MR) is 85.3 cm³/mol. The van der Waals surface area contributed by atoms with Crippen molar-refractivity contribution in [3.63, 3.8) is 0 Å². The molecule has 0 saturated carbocycles. The van der Waals surface area contributed by atoms with Crippen LogP contribution >= 0.6 is 0 Å². The van der Waals surface area contributed by atoms with E-state index in [1.165, 1.54) is 5.56 Å². The fourth-order valence-corrected chi connectivity index (χ4v) is 3.20. The van der Waals surface area contributed by atoms with E-state index in [0.717, 1.165) is 56.1 Å². The molecule has 0 bridgehead atoms. The molecule has 0 radical (unpaired) electrons. The molecule has 1 aliphatic heterocycles. The molecule has 2 aliphatic rings. The lowest BCUT2D eigenvalue weighted by Crippen LogP contribution is -2.50. The zero-order valence-corrected chi connectivity index (χ0v) is 13.4. The van der Waals surface area contributed by atoms with E-state index in [1.54, 1.807) is 0 Å². The van der Waals surface area contributed by atoms with E-state index in [-0.39, 0.29) is 5.95 Å². The highest BCUT2D eigenvalue weighted by Crippen LogP contribution is 2.29. The van der Waals surface area contributed by atoms with E-state index >= 15 is 0 Å². The summed E-state index contributed by atoms with van der Waals surface area (Å²) in [6, 6.07) is 2.97. The molecule has 6 nitrogen and oxygen atoms in total. The molecule has 1 fully saturated rings. The third kappa shape index (κ3) is 3.35. The average molecular weight is 350 g/mol. The molecule has 1 aliphatic carbocycles. The summed E-state index contributed by atoms with van der Waals surface area (Å²) in [5, 5.41) is 11.4. The van der Waals surface area contributed by atoms with Crippen LogP contribution in [0.1, 0.15) is 23.4 Å². The Labute approximate surface area is 142 Å². The number of hydrogen-bond donors (Lipinski definition) is 1. The number of fused-ring (bicyclic) bond motifs is 1. The van der Waals surface area contributed by atoms with Gasteiger partial charge in [0, 0.05) is 31.7 Å². The quantitative estimate of drug-likeness (QED) is 0.913. The lowest BCUT2D eigenvalue weighted by atomic mass is 10.00. The highest BCUT2D eigenvalue weighted by molar-refractivity contribution is 5.45. The Hall–Kier alpha value is -2.45. The summed E-state index contributed by atoms with van der Waals surface area (Å²) in [6.07, 6.45) is -0.142. The first-order valence-electron chi connectivity index (χ1n) is 8.23. The number of alkyl halides is 3. The van der Waals surface area contributed by atoms with E-state index in [2.05, 4.69) is 36.4 Å². The van der Waals surface area contributed by atoms with Gasteiger partial charge in [0.2, 0.25) is 5.95 Å². The number of aromatic nitrogens is 4. The number of halogens is 3. The van der Waals surface area contributed by atoms with Crippen LogP contribution in [0.15, 0.2) is 18.3 Å². The van der Waals surface area contributed by atoms with Crippen molar-refractivity contribution < 1.29 is 13.2 Å². The highest BCUT2D eigenvalue weighted by Gasteiger charge is 2.33. The number of nitrogens with one attached hydrogen (secondary N) is 1. The van der Waals surface area contributed by atoms with Crippen LogP contribution in [0.4, 0.5) is 24.9 Å². The zero-order valence-electron chi connectivity index (χ0n) is 13.4. The molecule has 2 aromatic heterocycles. The first kappa shape index (κ1) is 16.0. The molecule has 1 N–H and O–H groups in total. The van der Waals surface area contributed by atoms with E-state index in [9.17, 15) is 13.2 Å². The van der Waals surface area contributed by atoms with Crippen LogP contribution in [0.25, 0.3) is 0 Å². The minimum Gasteiger partial charge on any atom is -0.354 e. The molecule has 9 heteroatoms. The summed E-state index contributed by atoms with van der Waals surface area (Å²) in [4.78, 5) is 9.48. The Morgan fingerprint density at radius 3 is 2.84 bits per heavy atom. The Kier molecular flexibility index (Phi) is 3.93. The summed E-state index contributed by atoms with van der Waals surface area (Å²) in [7, 11) is 0. The summed E-state index contributed by atoms with van der Waals surface area (Å²) >= 11 is 0. The normalized spacial score (nSPS) is 17.3. The molecular formula is C16H17F3N6. The molecule has 3 heterocycles. The molecule has 1 saturated heterocycles. The smallest absolute Gasteiger partial charge is 0.354 e. The molecule has 0 unspecified atom stereocenters. The average Bonchev–Trinajstić information content (AvgIpc) is 3.00. The fraction of sp³-hybridized carbons (Fsp3) is 0.500. The predicted octanol–water partition coefficient (Wildman–Crippen LogP) is 2.32. The van der Waals surface area contributed by atoms with E-state index in [0.29, 0.717) is 12.5 Å². The SMILES string of the molecule is FC(F)(F)c1ccnc(NCC2CN(c3cc4c(nn3)CCC4)C2)n1. The molecule has 4 rings (SSSR count). The van der Waals surface area contributed by atoms with Crippen molar-refractivity contribution in [2.75, 3.05) is 29.9 Å². The van der Waals surface area contributed by atoms with Crippen molar-refractivity contribution in [1.29, 1.82) is 0 Å². The Balaban J connectivity index is 1.30. The number of rotatable bonds is 4. The van der Waals surface area contributed by atoms with Gasteiger partial charge in [-0.3, -0.25) is 0 Å². The van der Waals surface area contributed by atoms with Gasteiger partial charge in [-0.25, -0.2) is 9.97 Å². The zero-order chi connectivity index (χ0) is 17.4. The van der Waals surface area contributed by atoms with Crippen LogP contribution in [-0.4, -0.2) is 39.8 Å². The second-order valence-electron chi connectivity index (χ2n) is 6.44. The van der Waals surface area contributed by atoms with Gasteiger partial charge in [-0.1, -0.05) is 0 Å². The van der Waals surface area contributed by atoms with Crippen LogP contribution in [0, 0.1) is 5.92 Å². The van der Waals surface area contributed by atoms with Gasteiger partial charge >= 0.3 is 6.18 Å². The van der Waals surface area contributed by atoms with E-state index < -0.39 is 11.9 Å². The van der Waals surface area contributed by atoms with E-state index in [1.807, 2.05) is 0 Å². The third-order valence-electron chi connectivity index (χ3n) is 4.58. The molecule has 25 heavy (non-hydrogen) atoms. The molecule has 0 aromatic carbocycles. The Morgan fingerprint density at radius 2 is 2.04 bits per heavy atom. The third-order valence-corrected chi connectivity index (χ3v) is 4.58. The van der Waals surface area contributed by atoms with Crippen LogP contribution in [0.3, 0.4) is 0 Å². The topological polar surface area (TPSA) is 66.8 Å². The van der Waals surface area contributed by atoms with Crippen molar-refractivity contribution in [2.24, 2.45) is 5.92 Å². The van der Waals surface area contributed by atoms with Crippen LogP contribution < -0.4 is 10.2 Å². The first-order valence-corrected chi connectivity index (χ1v) is 8.23. The number of nitrogens with zero attached hydrogens (tertiary/aromatic N) is 5. The molecule has 132 valence electrons. The standard InChI is InChI=1S/C16H17F3N6/c17-16(18,19)13-4-5-20-15(22-13)21-7-10-8-25(9-10)14-6-11-2-1-3-12(11)23-24-14/h4-6,10H,1-3,7-9H2,(H,20,21,22). The summed E-state index contributed by atoms with van der Waals surface area (Å²) in [5.74, 6) is 1.20. The van der Waals surface area contributed by atoms with E-state index in [4.69, 9.17) is 0 Å². The van der Waals surface area contributed by atoms with Crippen molar-refractivity contribution in [2.45, 2.75) is 25.4 Å². The van der Waals surface area contributed by atoms with Gasteiger partial charge in [-0.05, 0) is 37.0 Å². The van der Waals surface area contributed by atoms with Gasteiger partial charge in [0.25, 0.3) is 0 Å². The second kappa shape index (κ2) is 6.12. The van der Waals surface area contributed by atoms with Crippen molar-refractivity contribution >= 4 is 11.8 Å². The van der Waals surface area contributed by atoms with Gasteiger partial charge in [0.1, 0.15) is 5.69 Å². The second-order valence-corrected chi connectivity index (χ2v) is 6.44. The summed E-state index contributed by atoms with van der Waals surface area (Å²) < 4.78 is 37.9. The van der Waals surface area contributed by atoms with Crippen molar-refractivity contribution in [3.05, 3.63) is 35.3 Å². The highest BCUT2D eigenvalue weighted by atomic mass is 19.4. The summed E-state index contributed by atoms with van der Waals surface area (Å²) in [6.45, 7) is 2.11. The first-order chi connectivity index (χ1) is 12.0. The molecule has 0 amide bonds. The minimum atomic E-state index is -4.46. The fourth-order valence-electron chi connectivity index (χ4n) is 3.20. The maximum Gasteiger partial charge on any atom is 0.433 e. The van der Waals surface area contributed by atoms with Gasteiger partial charge in [-0.2, -0.15) is 18.3 Å².